The second-order valence-corrected chi connectivity index (χ2v) is 9.78. The van der Waals surface area contributed by atoms with E-state index >= 15 is 0 Å². The molecule has 1 heterocycles. The van der Waals surface area contributed by atoms with Gasteiger partial charge in [-0.3, -0.25) is 9.59 Å². The molecule has 0 saturated carbocycles. The summed E-state index contributed by atoms with van der Waals surface area (Å²) in [6, 6.07) is 4.92. The molecule has 1 aliphatic heterocycles. The molecule has 10 heteroatoms. The zero-order valence-corrected chi connectivity index (χ0v) is 19.6. The number of nitrogens with zero attached hydrogens (tertiary/aromatic N) is 1. The van der Waals surface area contributed by atoms with Crippen molar-refractivity contribution in [3.05, 3.63) is 29.8 Å². The third-order valence-corrected chi connectivity index (χ3v) is 6.78. The van der Waals surface area contributed by atoms with Crippen LogP contribution in [-0.2, 0) is 15.3 Å². The van der Waals surface area contributed by atoms with Crippen molar-refractivity contribution in [3.63, 3.8) is 0 Å². The fourth-order valence-electron chi connectivity index (χ4n) is 3.59. The number of benzene rings is 1. The van der Waals surface area contributed by atoms with Crippen LogP contribution in [-0.4, -0.2) is 59.9 Å². The monoisotopic (exact) mass is 475 g/mol. The number of hydrogen-bond donors (Lipinski definition) is 2. The number of carbonyl (C=O) groups is 2. The quantitative estimate of drug-likeness (QED) is 0.572. The molecule has 0 bridgehead atoms. The second-order valence-electron chi connectivity index (χ2n) is 8.49. The molecule has 1 aromatic rings. The first kappa shape index (κ1) is 26.3. The van der Waals surface area contributed by atoms with Gasteiger partial charge in [-0.1, -0.05) is 26.0 Å². The molecule has 3 N–H and O–H groups in total. The average molecular weight is 476 g/mol. The van der Waals surface area contributed by atoms with Gasteiger partial charge in [-0.2, -0.15) is 24.9 Å². The largest absolute Gasteiger partial charge is 0.497 e. The van der Waals surface area contributed by atoms with Gasteiger partial charge in [0.05, 0.1) is 19.6 Å². The highest BCUT2D eigenvalue weighted by atomic mass is 32.2. The predicted octanol–water partition coefficient (Wildman–Crippen LogP) is 3.34. The van der Waals surface area contributed by atoms with Crippen LogP contribution in [0.25, 0.3) is 0 Å². The molecule has 1 fully saturated rings. The summed E-state index contributed by atoms with van der Waals surface area (Å²) >= 11 is 1.60. The Labute approximate surface area is 191 Å². The zero-order chi connectivity index (χ0) is 24.1. The first-order chi connectivity index (χ1) is 14.9. The average Bonchev–Trinajstić information content (AvgIpc) is 3.14. The predicted molar refractivity (Wildman–Crippen MR) is 119 cm³/mol. The zero-order valence-electron chi connectivity index (χ0n) is 18.8. The number of nitrogens with two attached hydrogens (primary N) is 1. The van der Waals surface area contributed by atoms with Crippen molar-refractivity contribution < 1.29 is 27.5 Å². The Bertz CT molecular complexity index is 772. The fourth-order valence-corrected chi connectivity index (χ4v) is 4.79. The number of hydrogen-bond acceptors (Lipinski definition) is 5. The highest BCUT2D eigenvalue weighted by molar-refractivity contribution is 7.99. The molecule has 6 nitrogen and oxygen atoms in total. The molecular weight excluding hydrogens is 443 g/mol. The molecular formula is C22H32F3N3O3S. The van der Waals surface area contributed by atoms with Gasteiger partial charge in [-0.25, -0.2) is 0 Å². The van der Waals surface area contributed by atoms with Gasteiger partial charge in [-0.15, -0.1) is 0 Å². The summed E-state index contributed by atoms with van der Waals surface area (Å²) in [6.45, 7) is 5.12. The number of ether oxygens (including phenoxy) is 1. The van der Waals surface area contributed by atoms with Crippen LogP contribution < -0.4 is 15.8 Å². The summed E-state index contributed by atoms with van der Waals surface area (Å²) in [5.74, 6) is 0.0823. The summed E-state index contributed by atoms with van der Waals surface area (Å²) in [7, 11) is 1.59. The lowest BCUT2D eigenvalue weighted by Gasteiger charge is -2.29. The van der Waals surface area contributed by atoms with Crippen molar-refractivity contribution in [2.24, 2.45) is 11.7 Å². The molecule has 32 heavy (non-hydrogen) atoms. The van der Waals surface area contributed by atoms with Gasteiger partial charge >= 0.3 is 6.18 Å². The SMILES string of the molecule is COc1ccc(CS[C@@H]2CC(C(=O)NC(CC(F)(F)F)C(C)C)N(C(=O)[C@H](C)N)C2)cc1. The minimum atomic E-state index is -4.39. The van der Waals surface area contributed by atoms with Crippen LogP contribution in [0.1, 0.15) is 39.2 Å². The van der Waals surface area contributed by atoms with Gasteiger partial charge in [-0.05, 0) is 37.0 Å². The number of nitrogens with one attached hydrogen (secondary N) is 1. The maximum atomic E-state index is 12.9. The first-order valence-electron chi connectivity index (χ1n) is 10.6. The van der Waals surface area contributed by atoms with Crippen LogP contribution in [0, 0.1) is 5.92 Å². The summed E-state index contributed by atoms with van der Waals surface area (Å²) in [6.07, 6.45) is -5.14. The van der Waals surface area contributed by atoms with E-state index in [4.69, 9.17) is 10.5 Å². The van der Waals surface area contributed by atoms with Gasteiger partial charge in [0.1, 0.15) is 11.8 Å². The van der Waals surface area contributed by atoms with E-state index in [1.807, 2.05) is 24.3 Å². The molecule has 2 amide bonds. The number of rotatable bonds is 9. The summed E-state index contributed by atoms with van der Waals surface area (Å²) in [5.41, 5.74) is 6.83. The van der Waals surface area contributed by atoms with E-state index in [0.29, 0.717) is 18.7 Å². The van der Waals surface area contributed by atoms with Crippen LogP contribution in [0.5, 0.6) is 5.75 Å². The second kappa shape index (κ2) is 11.3. The molecule has 1 saturated heterocycles. The fraction of sp³-hybridized carbons (Fsp3) is 0.636. The van der Waals surface area contributed by atoms with Crippen LogP contribution in [0.15, 0.2) is 24.3 Å². The Hall–Kier alpha value is -1.94. The van der Waals surface area contributed by atoms with Gasteiger partial charge in [0.2, 0.25) is 11.8 Å². The molecule has 2 unspecified atom stereocenters. The Kier molecular flexibility index (Phi) is 9.27. The normalized spacial score (nSPS) is 20.8. The smallest absolute Gasteiger partial charge is 0.391 e. The van der Waals surface area contributed by atoms with Gasteiger partial charge in [0, 0.05) is 23.6 Å². The highest BCUT2D eigenvalue weighted by Gasteiger charge is 2.42. The van der Waals surface area contributed by atoms with Crippen LogP contribution >= 0.6 is 11.8 Å². The molecule has 0 aromatic heterocycles. The van der Waals surface area contributed by atoms with Crippen LogP contribution in [0.3, 0.4) is 0 Å². The third kappa shape index (κ3) is 7.58. The van der Waals surface area contributed by atoms with Crippen molar-refractivity contribution in [2.75, 3.05) is 13.7 Å². The van der Waals surface area contributed by atoms with Gasteiger partial charge in [0.15, 0.2) is 0 Å². The number of thioether (sulfide) groups is 1. The third-order valence-electron chi connectivity index (χ3n) is 5.47. The Morgan fingerprint density at radius 3 is 2.38 bits per heavy atom. The van der Waals surface area contributed by atoms with E-state index in [2.05, 4.69) is 5.32 Å². The Balaban J connectivity index is 2.08. The summed E-state index contributed by atoms with van der Waals surface area (Å²) in [5, 5.41) is 2.50. The van der Waals surface area contributed by atoms with Gasteiger partial charge in [0.25, 0.3) is 0 Å². The molecule has 180 valence electrons. The molecule has 4 atom stereocenters. The van der Waals surface area contributed by atoms with Crippen molar-refractivity contribution in [2.45, 2.75) is 68.9 Å². The number of alkyl halides is 3. The number of amides is 2. The topological polar surface area (TPSA) is 84.7 Å². The Morgan fingerprint density at radius 1 is 1.25 bits per heavy atom. The summed E-state index contributed by atoms with van der Waals surface area (Å²) in [4.78, 5) is 27.0. The lowest BCUT2D eigenvalue weighted by Crippen LogP contribution is -2.53. The van der Waals surface area contributed by atoms with E-state index < -0.39 is 42.5 Å². The molecule has 2 rings (SSSR count). The summed E-state index contributed by atoms with van der Waals surface area (Å²) < 4.78 is 43.9. The van der Waals surface area contributed by atoms with Gasteiger partial charge < -0.3 is 20.7 Å². The number of likely N-dealkylation sites (tertiary alicyclic amines) is 1. The van der Waals surface area contributed by atoms with Crippen molar-refractivity contribution in [1.82, 2.24) is 10.2 Å². The molecule has 0 spiro atoms. The van der Waals surface area contributed by atoms with E-state index in [1.165, 1.54) is 11.8 Å². The maximum Gasteiger partial charge on any atom is 0.391 e. The van der Waals surface area contributed by atoms with E-state index in [-0.39, 0.29) is 11.2 Å². The number of methoxy groups -OCH3 is 1. The highest BCUT2D eigenvalue weighted by Crippen LogP contribution is 2.32. The molecule has 1 aliphatic rings. The minimum absolute atomic E-state index is 0.0318. The minimum Gasteiger partial charge on any atom is -0.497 e. The molecule has 1 aromatic carbocycles. The lowest BCUT2D eigenvalue weighted by molar-refractivity contribution is -0.147. The van der Waals surface area contributed by atoms with E-state index in [9.17, 15) is 22.8 Å². The van der Waals surface area contributed by atoms with Crippen LogP contribution in [0.4, 0.5) is 13.2 Å². The standard InChI is InChI=1S/C22H32F3N3O3S/c1-13(2)18(10-22(23,24)25)27-20(29)19-9-17(11-28(19)21(30)14(3)26)32-12-15-5-7-16(31-4)8-6-15/h5-8,13-14,17-19H,9-12,26H2,1-4H3,(H,27,29)/t14-,17+,18?,19?/m0/s1. The number of carbonyl (C=O) groups excluding carboxylic acids is 2. The van der Waals surface area contributed by atoms with Crippen molar-refractivity contribution >= 4 is 23.6 Å². The maximum absolute atomic E-state index is 12.9. The van der Waals surface area contributed by atoms with E-state index in [1.54, 1.807) is 32.7 Å². The Morgan fingerprint density at radius 2 is 1.88 bits per heavy atom. The number of halogens is 3. The molecule has 0 aliphatic carbocycles. The lowest BCUT2D eigenvalue weighted by atomic mass is 10.00. The molecule has 0 radical (unpaired) electrons. The van der Waals surface area contributed by atoms with Crippen molar-refractivity contribution in [3.8, 4) is 5.75 Å². The first-order valence-corrected chi connectivity index (χ1v) is 11.6. The van der Waals surface area contributed by atoms with Crippen LogP contribution in [0.2, 0.25) is 0 Å². The van der Waals surface area contributed by atoms with Crippen molar-refractivity contribution in [1.29, 1.82) is 0 Å². The van der Waals surface area contributed by atoms with E-state index in [0.717, 1.165) is 11.3 Å².